The van der Waals surface area contributed by atoms with E-state index < -0.39 is 0 Å². The summed E-state index contributed by atoms with van der Waals surface area (Å²) < 4.78 is 0. The van der Waals surface area contributed by atoms with Gasteiger partial charge in [-0.15, -0.1) is 0 Å². The fourth-order valence-electron chi connectivity index (χ4n) is 9.00. The Kier molecular flexibility index (Phi) is 4.38. The second-order valence-corrected chi connectivity index (χ2v) is 11.9. The molecule has 144 valence electrons. The van der Waals surface area contributed by atoms with Gasteiger partial charge < -0.3 is 5.32 Å². The highest BCUT2D eigenvalue weighted by Gasteiger charge is 2.60. The van der Waals surface area contributed by atoms with E-state index in [1.165, 1.54) is 57.8 Å². The van der Waals surface area contributed by atoms with Crippen LogP contribution in [0.4, 0.5) is 0 Å². The van der Waals surface area contributed by atoms with Crippen molar-refractivity contribution >= 4 is 0 Å². The minimum Gasteiger partial charge on any atom is -0.317 e. The third kappa shape index (κ3) is 2.74. The molecule has 1 N–H and O–H groups in total. The molecule has 4 aliphatic carbocycles. The first-order chi connectivity index (χ1) is 11.7. The third-order valence-electron chi connectivity index (χ3n) is 10.1. The van der Waals surface area contributed by atoms with E-state index in [1.54, 1.807) is 0 Å². The quantitative estimate of drug-likeness (QED) is 0.621. The van der Waals surface area contributed by atoms with E-state index in [-0.39, 0.29) is 0 Å². The molecular weight excluding hydrogens is 302 g/mol. The number of hydrogen-bond donors (Lipinski definition) is 1. The highest BCUT2D eigenvalue weighted by atomic mass is 14.9. The van der Waals surface area contributed by atoms with Crippen LogP contribution in [0.15, 0.2) is 0 Å². The van der Waals surface area contributed by atoms with Crippen LogP contribution in [-0.4, -0.2) is 13.1 Å². The van der Waals surface area contributed by atoms with Gasteiger partial charge in [-0.1, -0.05) is 27.7 Å². The Hall–Kier alpha value is -0.0400. The summed E-state index contributed by atoms with van der Waals surface area (Å²) in [7, 11) is 2.17. The molecule has 7 unspecified atom stereocenters. The van der Waals surface area contributed by atoms with Gasteiger partial charge in [0.05, 0.1) is 0 Å². The molecule has 4 saturated carbocycles. The Morgan fingerprint density at radius 1 is 0.800 bits per heavy atom. The van der Waals surface area contributed by atoms with E-state index in [0.717, 1.165) is 29.6 Å². The molecule has 0 bridgehead atoms. The maximum atomic E-state index is 3.60. The van der Waals surface area contributed by atoms with Crippen molar-refractivity contribution < 1.29 is 0 Å². The average molecular weight is 346 g/mol. The topological polar surface area (TPSA) is 12.0 Å². The van der Waals surface area contributed by atoms with Crippen LogP contribution in [0.3, 0.4) is 0 Å². The Morgan fingerprint density at radius 2 is 1.48 bits per heavy atom. The molecule has 0 heterocycles. The SMILES string of the molecule is CN[C@@H](C)C1CCC2C3CCC4(C)CC(C)(C)CCC4C3CCC21C. The van der Waals surface area contributed by atoms with Gasteiger partial charge in [-0.3, -0.25) is 0 Å². The van der Waals surface area contributed by atoms with Gasteiger partial charge in [0.15, 0.2) is 0 Å². The summed E-state index contributed by atoms with van der Waals surface area (Å²) in [4.78, 5) is 0. The summed E-state index contributed by atoms with van der Waals surface area (Å²) in [5.74, 6) is 5.06. The zero-order valence-corrected chi connectivity index (χ0v) is 17.8. The van der Waals surface area contributed by atoms with Crippen molar-refractivity contribution in [2.45, 2.75) is 98.4 Å². The van der Waals surface area contributed by atoms with Crippen LogP contribution < -0.4 is 5.32 Å². The molecule has 4 rings (SSSR count). The highest BCUT2D eigenvalue weighted by molar-refractivity contribution is 5.09. The number of nitrogens with one attached hydrogen (secondary N) is 1. The number of rotatable bonds is 2. The normalized spacial score (nSPS) is 52.8. The summed E-state index contributed by atoms with van der Waals surface area (Å²) >= 11 is 0. The molecule has 25 heavy (non-hydrogen) atoms. The van der Waals surface area contributed by atoms with Crippen molar-refractivity contribution in [3.05, 3.63) is 0 Å². The first-order valence-corrected chi connectivity index (χ1v) is 11.4. The van der Waals surface area contributed by atoms with Gasteiger partial charge in [0.2, 0.25) is 0 Å². The van der Waals surface area contributed by atoms with Crippen LogP contribution in [0.2, 0.25) is 0 Å². The lowest BCUT2D eigenvalue weighted by molar-refractivity contribution is -0.116. The van der Waals surface area contributed by atoms with Crippen molar-refractivity contribution in [2.24, 2.45) is 45.8 Å². The van der Waals surface area contributed by atoms with Crippen molar-refractivity contribution in [3.8, 4) is 0 Å². The fourth-order valence-corrected chi connectivity index (χ4v) is 9.00. The second-order valence-electron chi connectivity index (χ2n) is 11.9. The molecule has 0 amide bonds. The molecule has 0 saturated heterocycles. The van der Waals surface area contributed by atoms with Crippen molar-refractivity contribution in [3.63, 3.8) is 0 Å². The van der Waals surface area contributed by atoms with E-state index in [9.17, 15) is 0 Å². The average Bonchev–Trinajstić information content (AvgIpc) is 2.89. The van der Waals surface area contributed by atoms with E-state index >= 15 is 0 Å². The number of hydrogen-bond acceptors (Lipinski definition) is 1. The molecule has 0 radical (unpaired) electrons. The van der Waals surface area contributed by atoms with Gasteiger partial charge >= 0.3 is 0 Å². The van der Waals surface area contributed by atoms with Gasteiger partial charge in [-0.05, 0) is 118 Å². The monoisotopic (exact) mass is 345 g/mol. The molecule has 0 aromatic carbocycles. The zero-order chi connectivity index (χ0) is 18.0. The van der Waals surface area contributed by atoms with Crippen LogP contribution in [0.25, 0.3) is 0 Å². The molecule has 0 aromatic rings. The minimum absolute atomic E-state index is 0.585. The van der Waals surface area contributed by atoms with Crippen molar-refractivity contribution in [1.82, 2.24) is 5.32 Å². The van der Waals surface area contributed by atoms with Gasteiger partial charge in [-0.2, -0.15) is 0 Å². The van der Waals surface area contributed by atoms with Crippen molar-refractivity contribution in [2.75, 3.05) is 7.05 Å². The molecule has 8 atom stereocenters. The van der Waals surface area contributed by atoms with Crippen LogP contribution in [0.1, 0.15) is 92.4 Å². The molecule has 4 fully saturated rings. The summed E-state index contributed by atoms with van der Waals surface area (Å²) in [5, 5.41) is 3.60. The Labute approximate surface area is 157 Å². The van der Waals surface area contributed by atoms with E-state index in [0.29, 0.717) is 22.3 Å². The number of fused-ring (bicyclic) bond motifs is 5. The maximum Gasteiger partial charge on any atom is 0.00693 e. The van der Waals surface area contributed by atoms with Crippen LogP contribution in [-0.2, 0) is 0 Å². The first kappa shape index (κ1) is 18.3. The molecular formula is C24H43N. The van der Waals surface area contributed by atoms with Gasteiger partial charge in [0.1, 0.15) is 0 Å². The summed E-state index contributed by atoms with van der Waals surface area (Å²) in [6, 6.07) is 0.691. The second kappa shape index (κ2) is 5.98. The standard InChI is InChI=1S/C24H43N/c1-16(25-6)19-7-8-21-18-9-13-23(4)15-22(2,3)12-11-20(23)17(18)10-14-24(19,21)5/h16-21,25H,7-15H2,1-6H3/t16-,17?,18?,19?,20?,21?,23?,24?/m0/s1. The Morgan fingerprint density at radius 3 is 2.20 bits per heavy atom. The molecule has 4 aliphatic rings. The van der Waals surface area contributed by atoms with Crippen LogP contribution in [0.5, 0.6) is 0 Å². The van der Waals surface area contributed by atoms with Crippen molar-refractivity contribution in [1.29, 1.82) is 0 Å². The van der Waals surface area contributed by atoms with Crippen LogP contribution >= 0.6 is 0 Å². The Balaban J connectivity index is 1.57. The fraction of sp³-hybridized carbons (Fsp3) is 1.00. The lowest BCUT2D eigenvalue weighted by Crippen LogP contribution is -2.54. The summed E-state index contributed by atoms with van der Waals surface area (Å²) in [6.07, 6.45) is 13.6. The van der Waals surface area contributed by atoms with Crippen LogP contribution in [0, 0.1) is 45.8 Å². The molecule has 0 aromatic heterocycles. The zero-order valence-electron chi connectivity index (χ0n) is 17.8. The van der Waals surface area contributed by atoms with E-state index in [1.807, 2.05) is 0 Å². The first-order valence-electron chi connectivity index (χ1n) is 11.4. The minimum atomic E-state index is 0.585. The molecule has 1 nitrogen and oxygen atoms in total. The van der Waals surface area contributed by atoms with Gasteiger partial charge in [0.25, 0.3) is 0 Å². The summed E-state index contributed by atoms with van der Waals surface area (Å²) in [6.45, 7) is 12.8. The van der Waals surface area contributed by atoms with Gasteiger partial charge in [0, 0.05) is 6.04 Å². The predicted molar refractivity (Wildman–Crippen MR) is 108 cm³/mol. The smallest absolute Gasteiger partial charge is 0.00693 e. The lowest BCUT2D eigenvalue weighted by atomic mass is 9.44. The lowest BCUT2D eigenvalue weighted by Gasteiger charge is -2.61. The summed E-state index contributed by atoms with van der Waals surface area (Å²) in [5.41, 5.74) is 1.85. The molecule has 1 heteroatoms. The van der Waals surface area contributed by atoms with E-state index in [4.69, 9.17) is 0 Å². The molecule has 0 spiro atoms. The maximum absolute atomic E-state index is 3.60. The largest absolute Gasteiger partial charge is 0.317 e. The van der Waals surface area contributed by atoms with Gasteiger partial charge in [-0.25, -0.2) is 0 Å². The predicted octanol–water partition coefficient (Wildman–Crippen LogP) is 6.28. The Bertz CT molecular complexity index is 510. The third-order valence-corrected chi connectivity index (χ3v) is 10.1. The highest BCUT2D eigenvalue weighted by Crippen LogP contribution is 2.68. The van der Waals surface area contributed by atoms with E-state index in [2.05, 4.69) is 47.0 Å². The molecule has 0 aliphatic heterocycles.